The third kappa shape index (κ3) is 4.63. The summed E-state index contributed by atoms with van der Waals surface area (Å²) in [5.41, 5.74) is 4.80. The summed E-state index contributed by atoms with van der Waals surface area (Å²) >= 11 is 0.788. The Hall–Kier alpha value is -0.750. The molecule has 6 heteroatoms. The summed E-state index contributed by atoms with van der Waals surface area (Å²) in [5, 5.41) is 10.4. The van der Waals surface area contributed by atoms with Crippen LogP contribution in [-0.2, 0) is 4.79 Å². The van der Waals surface area contributed by atoms with Crippen LogP contribution in [0.5, 0.6) is 0 Å². The number of carboxylic acids is 1. The highest BCUT2D eigenvalue weighted by Crippen LogP contribution is 2.01. The maximum Gasteiger partial charge on any atom is 0.321 e. The topological polar surface area (TPSA) is 92.4 Å². The van der Waals surface area contributed by atoms with Gasteiger partial charge in [-0.2, -0.15) is 0 Å². The molecule has 0 radical (unpaired) electrons. The van der Waals surface area contributed by atoms with Gasteiger partial charge in [-0.05, 0) is 7.05 Å². The molecule has 0 unspecified atom stereocenters. The number of nitrogens with one attached hydrogen (secondary N) is 1. The number of primary amides is 1. The van der Waals surface area contributed by atoms with Crippen LogP contribution in [0, 0.1) is 0 Å². The minimum Gasteiger partial charge on any atom is -0.480 e. The maximum atomic E-state index is 10.3. The van der Waals surface area contributed by atoms with Crippen molar-refractivity contribution >= 4 is 23.0 Å². The monoisotopic (exact) mass is 178 g/mol. The van der Waals surface area contributed by atoms with Crippen molar-refractivity contribution in [3.8, 4) is 0 Å². The van der Waals surface area contributed by atoms with Crippen LogP contribution in [-0.4, -0.2) is 35.2 Å². The number of hydrogen-bond acceptors (Lipinski definition) is 4. The summed E-state index contributed by atoms with van der Waals surface area (Å²) in [5.74, 6) is -0.831. The van der Waals surface area contributed by atoms with E-state index in [9.17, 15) is 9.59 Å². The minimum atomic E-state index is -0.985. The average Bonchev–Trinajstić information content (AvgIpc) is 1.87. The van der Waals surface area contributed by atoms with E-state index >= 15 is 0 Å². The lowest BCUT2D eigenvalue weighted by atomic mass is 10.3. The van der Waals surface area contributed by atoms with Crippen molar-refractivity contribution in [2.75, 3.05) is 12.8 Å². The average molecular weight is 178 g/mol. The standard InChI is InChI=1S/C5H10N2O3S/c1-7-3(4(8)9)2-11-5(6)10/h3,7H,2H2,1H3,(H2,6,10)(H,8,9)/t3-/m0/s1. The van der Waals surface area contributed by atoms with Gasteiger partial charge in [0.1, 0.15) is 6.04 Å². The zero-order valence-electron chi connectivity index (χ0n) is 6.03. The molecule has 1 atom stereocenters. The molecular weight excluding hydrogens is 168 g/mol. The number of nitrogens with two attached hydrogens (primary N) is 1. The summed E-state index contributed by atoms with van der Waals surface area (Å²) in [6.45, 7) is 0. The second-order valence-corrected chi connectivity index (χ2v) is 2.83. The molecule has 0 aromatic rings. The highest BCUT2D eigenvalue weighted by Gasteiger charge is 2.15. The Morgan fingerprint density at radius 2 is 2.27 bits per heavy atom. The van der Waals surface area contributed by atoms with Gasteiger partial charge >= 0.3 is 5.97 Å². The van der Waals surface area contributed by atoms with Crippen molar-refractivity contribution in [3.63, 3.8) is 0 Å². The minimum absolute atomic E-state index is 0.154. The van der Waals surface area contributed by atoms with Crippen LogP contribution in [0.1, 0.15) is 0 Å². The maximum absolute atomic E-state index is 10.3. The van der Waals surface area contributed by atoms with E-state index in [1.165, 1.54) is 7.05 Å². The first-order chi connectivity index (χ1) is 5.07. The lowest BCUT2D eigenvalue weighted by Crippen LogP contribution is -2.36. The quantitative estimate of drug-likeness (QED) is 0.538. The lowest BCUT2D eigenvalue weighted by molar-refractivity contribution is -0.138. The van der Waals surface area contributed by atoms with Gasteiger partial charge in [-0.3, -0.25) is 9.59 Å². The highest BCUT2D eigenvalue weighted by atomic mass is 32.2. The Labute approximate surface area is 68.3 Å². The van der Waals surface area contributed by atoms with Crippen molar-refractivity contribution in [3.05, 3.63) is 0 Å². The SMILES string of the molecule is CN[C@@H](CSC(N)=O)C(=O)O. The summed E-state index contributed by atoms with van der Waals surface area (Å²) in [6, 6.07) is -0.715. The first-order valence-electron chi connectivity index (χ1n) is 2.90. The molecule has 0 rings (SSSR count). The number of amides is 1. The summed E-state index contributed by atoms with van der Waals surface area (Å²) in [6.07, 6.45) is 0. The second-order valence-electron chi connectivity index (χ2n) is 1.81. The zero-order valence-corrected chi connectivity index (χ0v) is 6.85. The van der Waals surface area contributed by atoms with E-state index in [1.807, 2.05) is 0 Å². The number of likely N-dealkylation sites (N-methyl/N-ethyl adjacent to an activating group) is 1. The van der Waals surface area contributed by atoms with Crippen molar-refractivity contribution in [2.24, 2.45) is 5.73 Å². The Bertz CT molecular complexity index is 162. The molecule has 0 aliphatic rings. The van der Waals surface area contributed by atoms with E-state index in [1.54, 1.807) is 0 Å². The molecule has 11 heavy (non-hydrogen) atoms. The molecule has 0 aromatic heterocycles. The summed E-state index contributed by atoms with van der Waals surface area (Å²) < 4.78 is 0. The van der Waals surface area contributed by atoms with Gasteiger partial charge in [-0.1, -0.05) is 11.8 Å². The Morgan fingerprint density at radius 3 is 2.55 bits per heavy atom. The van der Waals surface area contributed by atoms with E-state index in [-0.39, 0.29) is 5.75 Å². The first kappa shape index (κ1) is 10.2. The van der Waals surface area contributed by atoms with Crippen molar-refractivity contribution < 1.29 is 14.7 Å². The fraction of sp³-hybridized carbons (Fsp3) is 0.600. The predicted octanol–water partition coefficient (Wildman–Crippen LogP) is -0.529. The van der Waals surface area contributed by atoms with E-state index in [4.69, 9.17) is 10.8 Å². The lowest BCUT2D eigenvalue weighted by Gasteiger charge is -2.07. The molecule has 0 bridgehead atoms. The molecule has 0 saturated carbocycles. The van der Waals surface area contributed by atoms with Crippen molar-refractivity contribution in [2.45, 2.75) is 6.04 Å². The Morgan fingerprint density at radius 1 is 1.73 bits per heavy atom. The van der Waals surface area contributed by atoms with Crippen LogP contribution >= 0.6 is 11.8 Å². The third-order valence-electron chi connectivity index (χ3n) is 1.04. The van der Waals surface area contributed by atoms with E-state index in [0.717, 1.165) is 11.8 Å². The van der Waals surface area contributed by atoms with E-state index < -0.39 is 17.3 Å². The number of thioether (sulfide) groups is 1. The van der Waals surface area contributed by atoms with Crippen LogP contribution in [0.4, 0.5) is 4.79 Å². The van der Waals surface area contributed by atoms with Crippen LogP contribution < -0.4 is 11.1 Å². The van der Waals surface area contributed by atoms with E-state index in [0.29, 0.717) is 0 Å². The molecule has 0 heterocycles. The largest absolute Gasteiger partial charge is 0.480 e. The Kier molecular flexibility index (Phi) is 4.64. The molecule has 1 amide bonds. The van der Waals surface area contributed by atoms with Crippen molar-refractivity contribution in [1.29, 1.82) is 0 Å². The molecule has 0 aliphatic heterocycles. The first-order valence-corrected chi connectivity index (χ1v) is 3.88. The third-order valence-corrected chi connectivity index (χ3v) is 1.82. The zero-order chi connectivity index (χ0) is 8.85. The second kappa shape index (κ2) is 4.97. The van der Waals surface area contributed by atoms with Crippen molar-refractivity contribution in [1.82, 2.24) is 5.32 Å². The fourth-order valence-corrected chi connectivity index (χ4v) is 1.08. The van der Waals surface area contributed by atoms with E-state index in [2.05, 4.69) is 5.32 Å². The number of carbonyl (C=O) groups is 2. The van der Waals surface area contributed by atoms with Crippen LogP contribution in [0.15, 0.2) is 0 Å². The van der Waals surface area contributed by atoms with Gasteiger partial charge in [-0.25, -0.2) is 0 Å². The van der Waals surface area contributed by atoms with Gasteiger partial charge in [0.15, 0.2) is 0 Å². The summed E-state index contributed by atoms with van der Waals surface area (Å²) in [7, 11) is 1.51. The normalized spacial score (nSPS) is 12.5. The molecule has 0 aliphatic carbocycles. The molecule has 64 valence electrons. The molecule has 0 saturated heterocycles. The molecule has 0 aromatic carbocycles. The van der Waals surface area contributed by atoms with Gasteiger partial charge in [-0.15, -0.1) is 0 Å². The van der Waals surface area contributed by atoms with Gasteiger partial charge in [0.05, 0.1) is 0 Å². The molecule has 4 N–H and O–H groups in total. The number of carboxylic acid groups (broad SMARTS) is 1. The van der Waals surface area contributed by atoms with Gasteiger partial charge < -0.3 is 16.2 Å². The molecule has 0 fully saturated rings. The van der Waals surface area contributed by atoms with Gasteiger partial charge in [0.25, 0.3) is 5.24 Å². The van der Waals surface area contributed by atoms with Crippen LogP contribution in [0.3, 0.4) is 0 Å². The highest BCUT2D eigenvalue weighted by molar-refractivity contribution is 8.13. The number of hydrogen-bond donors (Lipinski definition) is 3. The number of aliphatic carboxylic acids is 1. The number of rotatable bonds is 4. The number of carbonyl (C=O) groups excluding carboxylic acids is 1. The molecule has 5 nitrogen and oxygen atoms in total. The van der Waals surface area contributed by atoms with Gasteiger partial charge in [0.2, 0.25) is 0 Å². The van der Waals surface area contributed by atoms with Crippen LogP contribution in [0.25, 0.3) is 0 Å². The summed E-state index contributed by atoms with van der Waals surface area (Å²) in [4.78, 5) is 20.5. The fourth-order valence-electron chi connectivity index (χ4n) is 0.444. The molecule has 0 spiro atoms. The smallest absolute Gasteiger partial charge is 0.321 e. The molecular formula is C5H10N2O3S. The van der Waals surface area contributed by atoms with Crippen LogP contribution in [0.2, 0.25) is 0 Å². The Balaban J connectivity index is 3.70. The van der Waals surface area contributed by atoms with Gasteiger partial charge in [0, 0.05) is 5.75 Å². The predicted molar refractivity (Wildman–Crippen MR) is 42.5 cm³/mol.